The van der Waals surface area contributed by atoms with Crippen LogP contribution in [0.3, 0.4) is 0 Å². The van der Waals surface area contributed by atoms with E-state index in [1.807, 2.05) is 0 Å². The first-order chi connectivity index (χ1) is 8.77. The normalized spacial score (nSPS) is 15.3. The Morgan fingerprint density at radius 2 is 2.28 bits per heavy atom. The highest BCUT2D eigenvalue weighted by Crippen LogP contribution is 2.36. The van der Waals surface area contributed by atoms with Crippen LogP contribution in [0.15, 0.2) is 6.33 Å². The summed E-state index contributed by atoms with van der Waals surface area (Å²) in [6, 6.07) is 0.469. The lowest BCUT2D eigenvalue weighted by molar-refractivity contribution is 0.282. The second kappa shape index (κ2) is 6.20. The molecule has 0 saturated heterocycles. The molecule has 1 aromatic heterocycles. The number of hydrogen-bond acceptors (Lipinski definition) is 5. The zero-order valence-corrected chi connectivity index (χ0v) is 11.2. The molecule has 18 heavy (non-hydrogen) atoms. The maximum absolute atomic E-state index is 9.00. The molecule has 0 aromatic carbocycles. The van der Waals surface area contributed by atoms with E-state index in [4.69, 9.17) is 21.4 Å². The Morgan fingerprint density at radius 1 is 1.50 bits per heavy atom. The third-order valence-electron chi connectivity index (χ3n) is 3.29. The molecule has 1 N–H and O–H groups in total. The van der Waals surface area contributed by atoms with Crippen LogP contribution in [0.2, 0.25) is 5.15 Å². The first-order valence-corrected chi connectivity index (χ1v) is 6.57. The van der Waals surface area contributed by atoms with Gasteiger partial charge in [-0.1, -0.05) is 11.6 Å². The minimum absolute atomic E-state index is 0.171. The van der Waals surface area contributed by atoms with Crippen LogP contribution >= 0.6 is 11.6 Å². The van der Waals surface area contributed by atoms with Crippen LogP contribution in [0.1, 0.15) is 25.7 Å². The number of aliphatic hydroxyl groups is 1. The Hall–Kier alpha value is -1.07. The van der Waals surface area contributed by atoms with Crippen molar-refractivity contribution in [3.63, 3.8) is 0 Å². The molecule has 0 unspecified atom stereocenters. The molecule has 1 aromatic rings. The molecule has 5 nitrogen and oxygen atoms in total. The smallest absolute Gasteiger partial charge is 0.199 e. The summed E-state index contributed by atoms with van der Waals surface area (Å²) < 4.78 is 5.29. The summed E-state index contributed by atoms with van der Waals surface area (Å²) in [6.07, 6.45) is 5.69. The molecule has 1 fully saturated rings. The fourth-order valence-electron chi connectivity index (χ4n) is 2.12. The largest absolute Gasteiger partial charge is 0.490 e. The van der Waals surface area contributed by atoms with E-state index in [1.54, 1.807) is 7.11 Å². The maximum Gasteiger partial charge on any atom is 0.199 e. The number of hydrogen-bond donors (Lipinski definition) is 1. The minimum atomic E-state index is 0.171. The first kappa shape index (κ1) is 13.4. The number of aliphatic hydroxyl groups excluding tert-OH is 1. The van der Waals surface area contributed by atoms with E-state index < -0.39 is 0 Å². The third kappa shape index (κ3) is 2.67. The van der Waals surface area contributed by atoms with Crippen LogP contribution < -0.4 is 9.64 Å². The van der Waals surface area contributed by atoms with Crippen molar-refractivity contribution in [3.05, 3.63) is 11.5 Å². The highest BCUT2D eigenvalue weighted by molar-refractivity contribution is 6.31. The molecule has 100 valence electrons. The van der Waals surface area contributed by atoms with Gasteiger partial charge < -0.3 is 14.7 Å². The lowest BCUT2D eigenvalue weighted by Gasteiger charge is -2.38. The van der Waals surface area contributed by atoms with Crippen molar-refractivity contribution in [1.29, 1.82) is 0 Å². The summed E-state index contributed by atoms with van der Waals surface area (Å²) in [4.78, 5) is 10.4. The topological polar surface area (TPSA) is 58.5 Å². The van der Waals surface area contributed by atoms with Gasteiger partial charge >= 0.3 is 0 Å². The monoisotopic (exact) mass is 271 g/mol. The summed E-state index contributed by atoms with van der Waals surface area (Å²) in [5, 5.41) is 9.33. The molecule has 0 bridgehead atoms. The Balaban J connectivity index is 2.25. The van der Waals surface area contributed by atoms with Gasteiger partial charge in [-0.05, 0) is 25.7 Å². The van der Waals surface area contributed by atoms with Crippen molar-refractivity contribution < 1.29 is 9.84 Å². The average molecular weight is 272 g/mol. The molecule has 1 saturated carbocycles. The summed E-state index contributed by atoms with van der Waals surface area (Å²) >= 11 is 6.02. The van der Waals surface area contributed by atoms with Gasteiger partial charge in [0.15, 0.2) is 16.7 Å². The number of methoxy groups -OCH3 is 1. The van der Waals surface area contributed by atoms with Gasteiger partial charge in [-0.2, -0.15) is 0 Å². The molecule has 1 aliphatic rings. The van der Waals surface area contributed by atoms with Crippen molar-refractivity contribution in [2.24, 2.45) is 0 Å². The lowest BCUT2D eigenvalue weighted by atomic mass is 9.91. The highest BCUT2D eigenvalue weighted by Gasteiger charge is 2.28. The van der Waals surface area contributed by atoms with Crippen LogP contribution in [0, 0.1) is 0 Å². The maximum atomic E-state index is 9.00. The summed E-state index contributed by atoms with van der Waals surface area (Å²) in [7, 11) is 1.57. The van der Waals surface area contributed by atoms with E-state index in [0.717, 1.165) is 25.2 Å². The molecule has 0 aliphatic heterocycles. The van der Waals surface area contributed by atoms with Gasteiger partial charge in [0.25, 0.3) is 0 Å². The summed E-state index contributed by atoms with van der Waals surface area (Å²) in [5.41, 5.74) is 0. The van der Waals surface area contributed by atoms with Crippen molar-refractivity contribution in [3.8, 4) is 5.75 Å². The zero-order chi connectivity index (χ0) is 13.0. The third-order valence-corrected chi connectivity index (χ3v) is 3.56. The van der Waals surface area contributed by atoms with Gasteiger partial charge in [0.05, 0.1) is 7.11 Å². The Morgan fingerprint density at radius 3 is 2.83 bits per heavy atom. The van der Waals surface area contributed by atoms with E-state index in [0.29, 0.717) is 23.4 Å². The van der Waals surface area contributed by atoms with E-state index in [-0.39, 0.29) is 6.61 Å². The predicted molar refractivity (Wildman–Crippen MR) is 70.3 cm³/mol. The minimum Gasteiger partial charge on any atom is -0.490 e. The Bertz CT molecular complexity index is 399. The van der Waals surface area contributed by atoms with Gasteiger partial charge in [-0.15, -0.1) is 0 Å². The lowest BCUT2D eigenvalue weighted by Crippen LogP contribution is -2.41. The molecule has 1 aliphatic carbocycles. The van der Waals surface area contributed by atoms with Gasteiger partial charge in [0, 0.05) is 19.2 Å². The van der Waals surface area contributed by atoms with E-state index in [9.17, 15) is 0 Å². The number of ether oxygens (including phenoxy) is 1. The number of nitrogens with zero attached hydrogens (tertiary/aromatic N) is 3. The van der Waals surface area contributed by atoms with E-state index in [2.05, 4.69) is 14.9 Å². The Labute approximate surface area is 112 Å². The molecule has 0 radical (unpaired) electrons. The molecule has 2 rings (SSSR count). The molecule has 6 heteroatoms. The number of anilines is 1. The fourth-order valence-corrected chi connectivity index (χ4v) is 2.33. The van der Waals surface area contributed by atoms with Crippen molar-refractivity contribution in [2.75, 3.05) is 25.2 Å². The SMILES string of the molecule is COc1c(Cl)ncnc1N(CCCO)C1CCC1. The van der Waals surface area contributed by atoms with E-state index >= 15 is 0 Å². The highest BCUT2D eigenvalue weighted by atomic mass is 35.5. The van der Waals surface area contributed by atoms with Gasteiger partial charge in [-0.3, -0.25) is 0 Å². The van der Waals surface area contributed by atoms with Crippen LogP contribution in [0.4, 0.5) is 5.82 Å². The quantitative estimate of drug-likeness (QED) is 0.801. The van der Waals surface area contributed by atoms with Crippen molar-refractivity contribution in [1.82, 2.24) is 9.97 Å². The van der Waals surface area contributed by atoms with Crippen LogP contribution in [-0.4, -0.2) is 41.4 Å². The molecule has 0 spiro atoms. The number of rotatable bonds is 6. The second-order valence-corrected chi connectivity index (χ2v) is 4.73. The first-order valence-electron chi connectivity index (χ1n) is 6.20. The standard InChI is InChI=1S/C12H18ClN3O2/c1-18-10-11(13)14-8-15-12(10)16(6-3-7-17)9-4-2-5-9/h8-9,17H,2-7H2,1H3. The molecule has 0 atom stereocenters. The van der Waals surface area contributed by atoms with Gasteiger partial charge in [0.1, 0.15) is 6.33 Å². The van der Waals surface area contributed by atoms with Gasteiger partial charge in [-0.25, -0.2) is 9.97 Å². The van der Waals surface area contributed by atoms with E-state index in [1.165, 1.54) is 12.7 Å². The predicted octanol–water partition coefficient (Wildman–Crippen LogP) is 1.88. The van der Waals surface area contributed by atoms with Crippen LogP contribution in [0.25, 0.3) is 0 Å². The molecule has 0 amide bonds. The van der Waals surface area contributed by atoms with Crippen LogP contribution in [0.5, 0.6) is 5.75 Å². The summed E-state index contributed by atoms with van der Waals surface area (Å²) in [6.45, 7) is 0.926. The molecular formula is C12H18ClN3O2. The van der Waals surface area contributed by atoms with Crippen molar-refractivity contribution in [2.45, 2.75) is 31.7 Å². The molecule has 1 heterocycles. The number of aromatic nitrogens is 2. The van der Waals surface area contributed by atoms with Gasteiger partial charge in [0.2, 0.25) is 0 Å². The zero-order valence-electron chi connectivity index (χ0n) is 10.5. The van der Waals surface area contributed by atoms with Crippen LogP contribution in [-0.2, 0) is 0 Å². The fraction of sp³-hybridized carbons (Fsp3) is 0.667. The number of halogens is 1. The summed E-state index contributed by atoms with van der Waals surface area (Å²) in [5.74, 6) is 1.25. The van der Waals surface area contributed by atoms with Crippen molar-refractivity contribution >= 4 is 17.4 Å². The molecular weight excluding hydrogens is 254 g/mol. The average Bonchev–Trinajstić information content (AvgIpc) is 2.31. The second-order valence-electron chi connectivity index (χ2n) is 4.38. The Kier molecular flexibility index (Phi) is 4.60.